The first kappa shape index (κ1) is 16.8. The SMILES string of the molecule is O=C(COc1cccc2ccccc12)NCc1ccc(-n2ccnc2)cc1. The van der Waals surface area contributed by atoms with E-state index in [9.17, 15) is 4.79 Å². The topological polar surface area (TPSA) is 56.1 Å². The minimum atomic E-state index is -0.151. The lowest BCUT2D eigenvalue weighted by Gasteiger charge is -2.10. The molecule has 5 nitrogen and oxygen atoms in total. The summed E-state index contributed by atoms with van der Waals surface area (Å²) in [6, 6.07) is 21.8. The van der Waals surface area contributed by atoms with Crippen molar-refractivity contribution in [3.63, 3.8) is 0 Å². The predicted octanol–water partition coefficient (Wildman–Crippen LogP) is 3.72. The fraction of sp³-hybridized carbons (Fsp3) is 0.0909. The van der Waals surface area contributed by atoms with Crippen molar-refractivity contribution >= 4 is 16.7 Å². The van der Waals surface area contributed by atoms with Gasteiger partial charge in [0.2, 0.25) is 0 Å². The third-order valence-corrected chi connectivity index (χ3v) is 4.34. The number of fused-ring (bicyclic) bond motifs is 1. The van der Waals surface area contributed by atoms with Crippen molar-refractivity contribution in [3.05, 3.63) is 91.0 Å². The van der Waals surface area contributed by atoms with Crippen LogP contribution in [0.2, 0.25) is 0 Å². The van der Waals surface area contributed by atoms with Crippen LogP contribution in [0.1, 0.15) is 5.56 Å². The second-order valence-corrected chi connectivity index (χ2v) is 6.18. The van der Waals surface area contributed by atoms with E-state index in [0.717, 1.165) is 22.0 Å². The Hall–Kier alpha value is -3.60. The van der Waals surface area contributed by atoms with Crippen LogP contribution < -0.4 is 10.1 Å². The number of nitrogens with zero attached hydrogens (tertiary/aromatic N) is 2. The Bertz CT molecular complexity index is 1040. The molecular formula is C22H19N3O2. The molecule has 0 unspecified atom stereocenters. The number of carbonyl (C=O) groups is 1. The van der Waals surface area contributed by atoms with Crippen molar-refractivity contribution in [1.29, 1.82) is 0 Å². The molecule has 0 fully saturated rings. The number of aromatic nitrogens is 2. The number of benzene rings is 3. The van der Waals surface area contributed by atoms with Crippen LogP contribution in [0, 0.1) is 0 Å². The molecule has 27 heavy (non-hydrogen) atoms. The summed E-state index contributed by atoms with van der Waals surface area (Å²) in [6.45, 7) is 0.447. The minimum absolute atomic E-state index is 0.0128. The van der Waals surface area contributed by atoms with Crippen LogP contribution in [0.4, 0.5) is 0 Å². The molecule has 0 bridgehead atoms. The van der Waals surface area contributed by atoms with E-state index in [0.29, 0.717) is 12.3 Å². The van der Waals surface area contributed by atoms with Crippen LogP contribution >= 0.6 is 0 Å². The van der Waals surface area contributed by atoms with E-state index in [1.807, 2.05) is 77.5 Å². The van der Waals surface area contributed by atoms with Gasteiger partial charge in [-0.25, -0.2) is 4.98 Å². The number of rotatable bonds is 6. The molecule has 0 aliphatic carbocycles. The summed E-state index contributed by atoms with van der Waals surface area (Å²) in [4.78, 5) is 16.2. The molecule has 0 saturated heterocycles. The molecule has 134 valence electrons. The van der Waals surface area contributed by atoms with Crippen molar-refractivity contribution < 1.29 is 9.53 Å². The first-order chi connectivity index (χ1) is 13.3. The van der Waals surface area contributed by atoms with E-state index in [4.69, 9.17) is 4.74 Å². The first-order valence-electron chi connectivity index (χ1n) is 8.74. The van der Waals surface area contributed by atoms with E-state index >= 15 is 0 Å². The van der Waals surface area contributed by atoms with Gasteiger partial charge in [0.05, 0.1) is 6.33 Å². The molecule has 3 aromatic carbocycles. The monoisotopic (exact) mass is 357 g/mol. The molecule has 0 aliphatic heterocycles. The average molecular weight is 357 g/mol. The zero-order chi connectivity index (χ0) is 18.5. The van der Waals surface area contributed by atoms with E-state index in [1.165, 1.54) is 0 Å². The van der Waals surface area contributed by atoms with Gasteiger partial charge in [-0.3, -0.25) is 4.79 Å². The fourth-order valence-electron chi connectivity index (χ4n) is 2.91. The molecular weight excluding hydrogens is 338 g/mol. The number of nitrogens with one attached hydrogen (secondary N) is 1. The molecule has 4 rings (SSSR count). The zero-order valence-corrected chi connectivity index (χ0v) is 14.7. The number of imidazole rings is 1. The van der Waals surface area contributed by atoms with Crippen molar-refractivity contribution in [2.75, 3.05) is 6.61 Å². The van der Waals surface area contributed by atoms with Crippen molar-refractivity contribution in [2.24, 2.45) is 0 Å². The normalized spacial score (nSPS) is 10.7. The molecule has 1 amide bonds. The van der Waals surface area contributed by atoms with Gasteiger partial charge in [-0.1, -0.05) is 48.5 Å². The Kier molecular flexibility index (Phi) is 4.83. The van der Waals surface area contributed by atoms with E-state index in [-0.39, 0.29) is 12.5 Å². The highest BCUT2D eigenvalue weighted by Gasteiger charge is 2.06. The molecule has 0 atom stereocenters. The molecule has 1 N–H and O–H groups in total. The van der Waals surface area contributed by atoms with Crippen LogP contribution in [-0.2, 0) is 11.3 Å². The van der Waals surface area contributed by atoms with Gasteiger partial charge in [-0.2, -0.15) is 0 Å². The third kappa shape index (κ3) is 3.98. The van der Waals surface area contributed by atoms with Crippen molar-refractivity contribution in [1.82, 2.24) is 14.9 Å². The van der Waals surface area contributed by atoms with Gasteiger partial charge in [0.25, 0.3) is 5.91 Å². The maximum Gasteiger partial charge on any atom is 0.258 e. The van der Waals surface area contributed by atoms with Crippen LogP contribution in [0.5, 0.6) is 5.75 Å². The van der Waals surface area contributed by atoms with Crippen LogP contribution in [0.15, 0.2) is 85.5 Å². The quantitative estimate of drug-likeness (QED) is 0.572. The molecule has 0 spiro atoms. The lowest BCUT2D eigenvalue weighted by atomic mass is 10.1. The van der Waals surface area contributed by atoms with Gasteiger partial charge in [0.1, 0.15) is 5.75 Å². The molecule has 4 aromatic rings. The Morgan fingerprint density at radius 3 is 2.63 bits per heavy atom. The van der Waals surface area contributed by atoms with Crippen LogP contribution in [0.25, 0.3) is 16.5 Å². The standard InChI is InChI=1S/C22H19N3O2/c26-22(15-27-21-7-3-5-18-4-1-2-6-20(18)21)24-14-17-8-10-19(11-9-17)25-13-12-23-16-25/h1-13,16H,14-15H2,(H,24,26). The van der Waals surface area contributed by atoms with E-state index in [2.05, 4.69) is 10.3 Å². The summed E-state index contributed by atoms with van der Waals surface area (Å²) < 4.78 is 7.65. The summed E-state index contributed by atoms with van der Waals surface area (Å²) in [5, 5.41) is 4.98. The largest absolute Gasteiger partial charge is 0.483 e. The molecule has 0 saturated carbocycles. The van der Waals surface area contributed by atoms with E-state index in [1.54, 1.807) is 12.5 Å². The minimum Gasteiger partial charge on any atom is -0.483 e. The highest BCUT2D eigenvalue weighted by Crippen LogP contribution is 2.24. The summed E-state index contributed by atoms with van der Waals surface area (Å²) in [7, 11) is 0. The highest BCUT2D eigenvalue weighted by molar-refractivity contribution is 5.88. The van der Waals surface area contributed by atoms with Gasteiger partial charge < -0.3 is 14.6 Å². The predicted molar refractivity (Wildman–Crippen MR) is 105 cm³/mol. The van der Waals surface area contributed by atoms with Crippen LogP contribution in [-0.4, -0.2) is 22.1 Å². The molecule has 1 aromatic heterocycles. The number of ether oxygens (including phenoxy) is 1. The highest BCUT2D eigenvalue weighted by atomic mass is 16.5. The molecule has 5 heteroatoms. The zero-order valence-electron chi connectivity index (χ0n) is 14.7. The summed E-state index contributed by atoms with van der Waals surface area (Å²) >= 11 is 0. The Morgan fingerprint density at radius 1 is 1.00 bits per heavy atom. The first-order valence-corrected chi connectivity index (χ1v) is 8.74. The Balaban J connectivity index is 1.32. The van der Waals surface area contributed by atoms with Gasteiger partial charge in [0.15, 0.2) is 6.61 Å². The lowest BCUT2D eigenvalue weighted by molar-refractivity contribution is -0.123. The second-order valence-electron chi connectivity index (χ2n) is 6.18. The summed E-state index contributed by atoms with van der Waals surface area (Å²) in [5.74, 6) is 0.564. The van der Waals surface area contributed by atoms with E-state index < -0.39 is 0 Å². The Labute approximate surface area is 157 Å². The molecule has 0 aliphatic rings. The number of carbonyl (C=O) groups excluding carboxylic acids is 1. The summed E-state index contributed by atoms with van der Waals surface area (Å²) in [6.07, 6.45) is 5.38. The second kappa shape index (κ2) is 7.74. The average Bonchev–Trinajstić information content (AvgIpc) is 3.26. The third-order valence-electron chi connectivity index (χ3n) is 4.34. The maximum atomic E-state index is 12.1. The van der Waals surface area contributed by atoms with Crippen molar-refractivity contribution in [2.45, 2.75) is 6.54 Å². The van der Waals surface area contributed by atoms with Crippen LogP contribution in [0.3, 0.4) is 0 Å². The fourth-order valence-corrected chi connectivity index (χ4v) is 2.91. The number of hydrogen-bond donors (Lipinski definition) is 1. The number of amides is 1. The molecule has 0 radical (unpaired) electrons. The lowest BCUT2D eigenvalue weighted by Crippen LogP contribution is -2.28. The van der Waals surface area contributed by atoms with Gasteiger partial charge >= 0.3 is 0 Å². The Morgan fingerprint density at radius 2 is 1.81 bits per heavy atom. The van der Waals surface area contributed by atoms with Gasteiger partial charge in [0, 0.05) is 30.0 Å². The number of hydrogen-bond acceptors (Lipinski definition) is 3. The van der Waals surface area contributed by atoms with Gasteiger partial charge in [-0.15, -0.1) is 0 Å². The van der Waals surface area contributed by atoms with Gasteiger partial charge in [-0.05, 0) is 29.1 Å². The summed E-state index contributed by atoms with van der Waals surface area (Å²) in [5.41, 5.74) is 2.05. The van der Waals surface area contributed by atoms with Crippen molar-refractivity contribution in [3.8, 4) is 11.4 Å². The smallest absolute Gasteiger partial charge is 0.258 e. The maximum absolute atomic E-state index is 12.1. The molecule has 1 heterocycles.